The van der Waals surface area contributed by atoms with E-state index in [1.54, 1.807) is 60.7 Å². The second-order valence-corrected chi connectivity index (χ2v) is 15.6. The van der Waals surface area contributed by atoms with E-state index in [2.05, 4.69) is 21.3 Å². The molecule has 0 bridgehead atoms. The molecule has 5 rings (SSSR count). The molecule has 62 heavy (non-hydrogen) atoms. The van der Waals surface area contributed by atoms with Crippen molar-refractivity contribution in [1.82, 2.24) is 40.9 Å². The highest BCUT2D eigenvalue weighted by atomic mass is 16.3. The van der Waals surface area contributed by atoms with Crippen molar-refractivity contribution in [3.63, 3.8) is 0 Å². The molecular formula is C44H55N9O9. The van der Waals surface area contributed by atoms with Gasteiger partial charge in [-0.2, -0.15) is 0 Å². The molecular weight excluding hydrogens is 799 g/mol. The molecule has 18 heteroatoms. The van der Waals surface area contributed by atoms with Gasteiger partial charge in [0, 0.05) is 53.5 Å². The molecule has 3 aromatic rings. The molecule has 330 valence electrons. The zero-order valence-electron chi connectivity index (χ0n) is 35.1. The number of carbonyl (C=O) groups excluding carboxylic acids is 8. The van der Waals surface area contributed by atoms with Crippen LogP contribution in [0.3, 0.4) is 0 Å². The number of amides is 8. The van der Waals surface area contributed by atoms with E-state index < -0.39 is 90.6 Å². The van der Waals surface area contributed by atoms with E-state index in [4.69, 9.17) is 5.73 Å². The smallest absolute Gasteiger partial charge is 0.246 e. The Labute approximate surface area is 360 Å². The Kier molecular flexibility index (Phi) is 16.1. The molecule has 0 spiro atoms. The summed E-state index contributed by atoms with van der Waals surface area (Å²) in [6.07, 6.45) is 0.768. The number of carbonyl (C=O) groups is 8. The predicted molar refractivity (Wildman–Crippen MR) is 227 cm³/mol. The number of fused-ring (bicyclic) bond motifs is 1. The Morgan fingerprint density at radius 2 is 1.32 bits per heavy atom. The van der Waals surface area contributed by atoms with E-state index in [0.29, 0.717) is 12.0 Å². The summed E-state index contributed by atoms with van der Waals surface area (Å²) in [6, 6.07) is 18.2. The van der Waals surface area contributed by atoms with Crippen molar-refractivity contribution in [2.24, 2.45) is 5.73 Å². The molecule has 0 aromatic heterocycles. The van der Waals surface area contributed by atoms with E-state index in [0.717, 1.165) is 11.1 Å². The number of nitrogens with zero attached hydrogens (tertiary/aromatic N) is 4. The monoisotopic (exact) mass is 853 g/mol. The standard InChI is InChI=1S/C44H55N9O9/c1-50-27-38(56)48-32(21-30-16-18-31(54)19-17-30)42(60)52(3)36(23-29-13-8-5-9-14-29)44(62)53-20-10-15-34(53)41(59)49-33(40(58)47-25-37(45)55)24-46-26-39(57)51(2)35(43(50)61)22-28-11-6-4-7-12-28/h4-9,11-14,16-19,32-36,46,54H,10,15,20-27H2,1-3H3,(H2,45,55)(H,47,58)(H,48,56)(H,49,59)/t32-,33-,34-,35-,36-/m0/s1. The normalized spacial score (nSPS) is 22.7. The molecule has 18 nitrogen and oxygen atoms in total. The number of hydrogen-bond donors (Lipinski definition) is 6. The van der Waals surface area contributed by atoms with Crippen LogP contribution in [-0.2, 0) is 57.6 Å². The number of primary amides is 1. The molecule has 0 radical (unpaired) electrons. The molecule has 7 N–H and O–H groups in total. The Morgan fingerprint density at radius 3 is 1.92 bits per heavy atom. The van der Waals surface area contributed by atoms with Gasteiger partial charge < -0.3 is 51.7 Å². The third kappa shape index (κ3) is 12.4. The molecule has 2 aliphatic heterocycles. The van der Waals surface area contributed by atoms with Gasteiger partial charge in [0.15, 0.2) is 0 Å². The largest absolute Gasteiger partial charge is 0.508 e. The van der Waals surface area contributed by atoms with Crippen LogP contribution in [0.15, 0.2) is 84.9 Å². The number of likely N-dealkylation sites (N-methyl/N-ethyl adjacent to an activating group) is 3. The third-order valence-corrected chi connectivity index (χ3v) is 11.1. The molecule has 0 saturated carbocycles. The number of aromatic hydroxyl groups is 1. The van der Waals surface area contributed by atoms with Gasteiger partial charge >= 0.3 is 0 Å². The lowest BCUT2D eigenvalue weighted by molar-refractivity contribution is -0.149. The number of benzene rings is 3. The van der Waals surface area contributed by atoms with E-state index in [9.17, 15) is 43.5 Å². The minimum Gasteiger partial charge on any atom is -0.508 e. The fourth-order valence-corrected chi connectivity index (χ4v) is 7.60. The second kappa shape index (κ2) is 21.6. The van der Waals surface area contributed by atoms with Gasteiger partial charge in [-0.15, -0.1) is 0 Å². The highest BCUT2D eigenvalue weighted by Gasteiger charge is 2.42. The van der Waals surface area contributed by atoms with Crippen molar-refractivity contribution in [2.45, 2.75) is 62.3 Å². The van der Waals surface area contributed by atoms with Crippen LogP contribution in [0.2, 0.25) is 0 Å². The van der Waals surface area contributed by atoms with Crippen molar-refractivity contribution in [1.29, 1.82) is 0 Å². The van der Waals surface area contributed by atoms with Crippen LogP contribution in [0.5, 0.6) is 5.75 Å². The zero-order chi connectivity index (χ0) is 44.9. The molecule has 5 atom stereocenters. The van der Waals surface area contributed by atoms with Crippen molar-refractivity contribution in [2.75, 3.05) is 53.9 Å². The zero-order valence-corrected chi connectivity index (χ0v) is 35.1. The summed E-state index contributed by atoms with van der Waals surface area (Å²) in [5, 5.41) is 20.7. The predicted octanol–water partition coefficient (Wildman–Crippen LogP) is -1.30. The van der Waals surface area contributed by atoms with Crippen molar-refractivity contribution < 1.29 is 43.5 Å². The summed E-state index contributed by atoms with van der Waals surface area (Å²) in [7, 11) is 4.30. The quantitative estimate of drug-likeness (QED) is 0.149. The van der Waals surface area contributed by atoms with E-state index in [1.165, 1.54) is 52.9 Å². The number of rotatable bonds is 9. The first kappa shape index (κ1) is 46.2. The maximum Gasteiger partial charge on any atom is 0.246 e. The highest BCUT2D eigenvalue weighted by Crippen LogP contribution is 2.23. The van der Waals surface area contributed by atoms with Crippen LogP contribution >= 0.6 is 0 Å². The average molecular weight is 854 g/mol. The average Bonchev–Trinajstić information content (AvgIpc) is 3.76. The van der Waals surface area contributed by atoms with Crippen LogP contribution in [0.25, 0.3) is 0 Å². The topological polar surface area (TPSA) is 244 Å². The van der Waals surface area contributed by atoms with E-state index in [1.807, 2.05) is 12.1 Å². The maximum absolute atomic E-state index is 14.7. The Bertz CT molecular complexity index is 2090. The van der Waals surface area contributed by atoms with Gasteiger partial charge in [0.25, 0.3) is 0 Å². The molecule has 2 aliphatic rings. The van der Waals surface area contributed by atoms with E-state index >= 15 is 0 Å². The fraction of sp³-hybridized carbons (Fsp3) is 0.409. The molecule has 2 fully saturated rings. The maximum atomic E-state index is 14.7. The Morgan fingerprint density at radius 1 is 0.742 bits per heavy atom. The lowest BCUT2D eigenvalue weighted by atomic mass is 10.00. The number of nitrogens with one attached hydrogen (secondary N) is 4. The molecule has 3 aromatic carbocycles. The summed E-state index contributed by atoms with van der Waals surface area (Å²) < 4.78 is 0. The highest BCUT2D eigenvalue weighted by molar-refractivity contribution is 5.97. The van der Waals surface area contributed by atoms with E-state index in [-0.39, 0.29) is 51.1 Å². The number of phenols is 1. The van der Waals surface area contributed by atoms with Crippen molar-refractivity contribution >= 4 is 47.3 Å². The summed E-state index contributed by atoms with van der Waals surface area (Å²) >= 11 is 0. The number of nitrogens with two attached hydrogens (primary N) is 1. The summed E-state index contributed by atoms with van der Waals surface area (Å²) in [6.45, 7) is -1.52. The van der Waals surface area contributed by atoms with Gasteiger partial charge in [0.1, 0.15) is 36.0 Å². The van der Waals surface area contributed by atoms with Gasteiger partial charge in [-0.25, -0.2) is 0 Å². The first-order valence-electron chi connectivity index (χ1n) is 20.4. The first-order chi connectivity index (χ1) is 29.6. The minimum absolute atomic E-state index is 0.00657. The minimum atomic E-state index is -1.33. The third-order valence-electron chi connectivity index (χ3n) is 11.1. The molecule has 0 unspecified atom stereocenters. The lowest BCUT2D eigenvalue weighted by Crippen LogP contribution is -2.60. The van der Waals surface area contributed by atoms with Crippen LogP contribution in [0.1, 0.15) is 29.5 Å². The molecule has 0 aliphatic carbocycles. The molecule has 8 amide bonds. The summed E-state index contributed by atoms with van der Waals surface area (Å²) in [4.78, 5) is 115. The van der Waals surface area contributed by atoms with Gasteiger partial charge in [-0.3, -0.25) is 38.4 Å². The SMILES string of the molecule is CN1CC(=O)N[C@@H](Cc2ccc(O)cc2)C(=O)N(C)[C@@H](Cc2ccccc2)C(=O)N2CCC[C@H]2C(=O)N[C@H](C(=O)NCC(N)=O)CNCC(=O)N(C)[C@@H](Cc2ccccc2)C1=O. The van der Waals surface area contributed by atoms with Gasteiger partial charge in [0.05, 0.1) is 19.6 Å². The Balaban J connectivity index is 1.55. The van der Waals surface area contributed by atoms with Crippen molar-refractivity contribution in [3.05, 3.63) is 102 Å². The lowest BCUT2D eigenvalue weighted by Gasteiger charge is -2.35. The second-order valence-electron chi connectivity index (χ2n) is 15.6. The van der Waals surface area contributed by atoms with Crippen LogP contribution < -0.4 is 27.0 Å². The number of hydrogen-bond acceptors (Lipinski definition) is 10. The summed E-state index contributed by atoms with van der Waals surface area (Å²) in [5.41, 5.74) is 7.30. The van der Waals surface area contributed by atoms with Crippen LogP contribution in [-0.4, -0.2) is 156 Å². The summed E-state index contributed by atoms with van der Waals surface area (Å²) in [5.74, 6) is -5.27. The first-order valence-corrected chi connectivity index (χ1v) is 20.4. The van der Waals surface area contributed by atoms with Crippen molar-refractivity contribution in [3.8, 4) is 5.75 Å². The van der Waals surface area contributed by atoms with Gasteiger partial charge in [-0.05, 0) is 41.7 Å². The van der Waals surface area contributed by atoms with Crippen LogP contribution in [0, 0.1) is 0 Å². The Hall–Kier alpha value is -6.82. The van der Waals surface area contributed by atoms with Gasteiger partial charge in [-0.1, -0.05) is 72.8 Å². The fourth-order valence-electron chi connectivity index (χ4n) is 7.60. The molecule has 2 saturated heterocycles. The van der Waals surface area contributed by atoms with Gasteiger partial charge in [0.2, 0.25) is 47.3 Å². The number of phenolic OH excluding ortho intramolecular Hbond substituents is 1. The van der Waals surface area contributed by atoms with Crippen LogP contribution in [0.4, 0.5) is 0 Å². The molecule has 2 heterocycles.